The maximum Gasteiger partial charge on any atom is 0.229 e. The third kappa shape index (κ3) is 4.15. The van der Waals surface area contributed by atoms with Gasteiger partial charge in [-0.25, -0.2) is 4.98 Å². The number of nitrogens with zero attached hydrogens (tertiary/aromatic N) is 2. The number of hydrogen-bond acceptors (Lipinski definition) is 4. The lowest BCUT2D eigenvalue weighted by atomic mass is 9.98. The Kier molecular flexibility index (Phi) is 4.98. The second kappa shape index (κ2) is 7.34. The van der Waals surface area contributed by atoms with Gasteiger partial charge in [0.2, 0.25) is 5.95 Å². The lowest BCUT2D eigenvalue weighted by molar-refractivity contribution is 0.866. The highest BCUT2D eigenvalue weighted by Crippen LogP contribution is 2.29. The van der Waals surface area contributed by atoms with E-state index < -0.39 is 0 Å². The van der Waals surface area contributed by atoms with Crippen molar-refractivity contribution in [3.63, 3.8) is 0 Å². The normalized spacial score (nSPS) is 10.8. The summed E-state index contributed by atoms with van der Waals surface area (Å²) in [5.74, 6) is 1.81. The molecular weight excluding hydrogens is 308 g/mol. The summed E-state index contributed by atoms with van der Waals surface area (Å²) in [7, 11) is 0. The predicted octanol–water partition coefficient (Wildman–Crippen LogP) is 5.70. The quantitative estimate of drug-likeness (QED) is 0.629. The summed E-state index contributed by atoms with van der Waals surface area (Å²) in [5.41, 5.74) is 5.46. The summed E-state index contributed by atoms with van der Waals surface area (Å²) in [6.07, 6.45) is 0. The monoisotopic (exact) mass is 332 g/mol. The number of aryl methyl sites for hydroxylation is 2. The Morgan fingerprint density at radius 1 is 0.840 bits per heavy atom. The molecule has 0 amide bonds. The van der Waals surface area contributed by atoms with Crippen molar-refractivity contribution in [1.29, 1.82) is 0 Å². The molecule has 1 aromatic heterocycles. The lowest BCUT2D eigenvalue weighted by Crippen LogP contribution is -2.05. The van der Waals surface area contributed by atoms with Crippen molar-refractivity contribution in [1.82, 2.24) is 9.97 Å². The molecule has 3 aromatic rings. The number of rotatable bonds is 5. The highest BCUT2D eigenvalue weighted by Gasteiger charge is 2.11. The zero-order valence-electron chi connectivity index (χ0n) is 15.2. The fraction of sp³-hybridized carbons (Fsp3) is 0.238. The zero-order valence-corrected chi connectivity index (χ0v) is 15.2. The Morgan fingerprint density at radius 2 is 1.60 bits per heavy atom. The summed E-state index contributed by atoms with van der Waals surface area (Å²) < 4.78 is 0. The number of nitrogens with one attached hydrogen (secondary N) is 2. The highest BCUT2D eigenvalue weighted by molar-refractivity contribution is 5.65. The molecule has 2 N–H and O–H groups in total. The second-order valence-corrected chi connectivity index (χ2v) is 6.53. The van der Waals surface area contributed by atoms with Crippen LogP contribution in [0, 0.1) is 13.8 Å². The molecule has 0 unspecified atom stereocenters. The predicted molar refractivity (Wildman–Crippen MR) is 105 cm³/mol. The van der Waals surface area contributed by atoms with Crippen LogP contribution in [0.25, 0.3) is 0 Å². The maximum absolute atomic E-state index is 4.63. The largest absolute Gasteiger partial charge is 0.340 e. The smallest absolute Gasteiger partial charge is 0.229 e. The van der Waals surface area contributed by atoms with Crippen LogP contribution in [0.2, 0.25) is 0 Å². The van der Waals surface area contributed by atoms with Crippen molar-refractivity contribution < 1.29 is 0 Å². The number of aromatic nitrogens is 2. The van der Waals surface area contributed by atoms with Gasteiger partial charge >= 0.3 is 0 Å². The first-order chi connectivity index (χ1) is 12.0. The molecule has 4 nitrogen and oxygen atoms in total. The molecule has 0 spiro atoms. The van der Waals surface area contributed by atoms with Crippen LogP contribution in [-0.4, -0.2) is 9.97 Å². The maximum atomic E-state index is 4.63. The van der Waals surface area contributed by atoms with Crippen LogP contribution in [-0.2, 0) is 0 Å². The van der Waals surface area contributed by atoms with E-state index in [1.54, 1.807) is 0 Å². The van der Waals surface area contributed by atoms with E-state index in [0.29, 0.717) is 11.9 Å². The van der Waals surface area contributed by atoms with Crippen molar-refractivity contribution in [2.75, 3.05) is 10.6 Å². The average Bonchev–Trinajstić information content (AvgIpc) is 2.57. The molecule has 2 aromatic carbocycles. The van der Waals surface area contributed by atoms with Gasteiger partial charge in [0, 0.05) is 23.1 Å². The van der Waals surface area contributed by atoms with Gasteiger partial charge in [0.05, 0.1) is 0 Å². The number of para-hydroxylation sites is 2. The van der Waals surface area contributed by atoms with Gasteiger partial charge in [-0.2, -0.15) is 4.98 Å². The molecule has 0 radical (unpaired) electrons. The summed E-state index contributed by atoms with van der Waals surface area (Å²) in [6.45, 7) is 8.47. The molecule has 4 heteroatoms. The van der Waals surface area contributed by atoms with Crippen LogP contribution in [0.15, 0.2) is 54.6 Å². The van der Waals surface area contributed by atoms with E-state index in [1.165, 1.54) is 11.1 Å². The molecule has 0 aliphatic carbocycles. The lowest BCUT2D eigenvalue weighted by Gasteiger charge is -2.17. The number of hydrogen-bond donors (Lipinski definition) is 2. The van der Waals surface area contributed by atoms with Gasteiger partial charge in [-0.1, -0.05) is 50.2 Å². The zero-order chi connectivity index (χ0) is 17.8. The van der Waals surface area contributed by atoms with Crippen molar-refractivity contribution in [2.24, 2.45) is 0 Å². The third-order valence-corrected chi connectivity index (χ3v) is 4.06. The number of benzene rings is 2. The Morgan fingerprint density at radius 3 is 2.32 bits per heavy atom. The first-order valence-corrected chi connectivity index (χ1v) is 8.57. The first-order valence-electron chi connectivity index (χ1n) is 8.57. The summed E-state index contributed by atoms with van der Waals surface area (Å²) in [4.78, 5) is 9.18. The molecule has 25 heavy (non-hydrogen) atoms. The van der Waals surface area contributed by atoms with Gasteiger partial charge < -0.3 is 10.6 Å². The van der Waals surface area contributed by atoms with Gasteiger partial charge in [-0.05, 0) is 43.0 Å². The molecule has 0 atom stereocenters. The molecule has 3 rings (SSSR count). The number of anilines is 4. The molecule has 0 bridgehead atoms. The highest BCUT2D eigenvalue weighted by atomic mass is 15.1. The second-order valence-electron chi connectivity index (χ2n) is 6.53. The van der Waals surface area contributed by atoms with Crippen molar-refractivity contribution in [3.05, 3.63) is 71.4 Å². The van der Waals surface area contributed by atoms with Gasteiger partial charge in [0.25, 0.3) is 0 Å². The SMILES string of the molecule is Cc1cc(Nc2ccccc2)nc(Nc2c(C)cccc2C(C)C)n1. The molecule has 0 aliphatic heterocycles. The van der Waals surface area contributed by atoms with E-state index in [2.05, 4.69) is 59.6 Å². The van der Waals surface area contributed by atoms with Gasteiger partial charge in [-0.3, -0.25) is 0 Å². The van der Waals surface area contributed by atoms with Gasteiger partial charge in [0.15, 0.2) is 0 Å². The van der Waals surface area contributed by atoms with E-state index in [0.717, 1.165) is 22.9 Å². The van der Waals surface area contributed by atoms with Crippen molar-refractivity contribution in [3.8, 4) is 0 Å². The minimum Gasteiger partial charge on any atom is -0.340 e. The topological polar surface area (TPSA) is 49.8 Å². The molecule has 0 saturated carbocycles. The minimum absolute atomic E-state index is 0.425. The Bertz CT molecular complexity index is 857. The van der Waals surface area contributed by atoms with Crippen LogP contribution in [0.1, 0.15) is 36.6 Å². The van der Waals surface area contributed by atoms with Crippen LogP contribution in [0.3, 0.4) is 0 Å². The molecule has 0 aliphatic rings. The fourth-order valence-electron chi connectivity index (χ4n) is 2.81. The molecule has 0 saturated heterocycles. The Hall–Kier alpha value is -2.88. The summed E-state index contributed by atoms with van der Waals surface area (Å²) >= 11 is 0. The van der Waals surface area contributed by atoms with E-state index in [9.17, 15) is 0 Å². The molecule has 0 fully saturated rings. The average molecular weight is 332 g/mol. The van der Waals surface area contributed by atoms with Crippen molar-refractivity contribution in [2.45, 2.75) is 33.6 Å². The first kappa shape index (κ1) is 17.0. The Balaban J connectivity index is 1.92. The van der Waals surface area contributed by atoms with Crippen LogP contribution >= 0.6 is 0 Å². The standard InChI is InChI=1S/C21H24N4/c1-14(2)18-12-8-9-15(3)20(18)25-21-22-16(4)13-19(24-21)23-17-10-6-5-7-11-17/h5-14H,1-4H3,(H2,22,23,24,25). The van der Waals surface area contributed by atoms with Gasteiger partial charge in [-0.15, -0.1) is 0 Å². The summed E-state index contributed by atoms with van der Waals surface area (Å²) in [5, 5.41) is 6.76. The van der Waals surface area contributed by atoms with Gasteiger partial charge in [0.1, 0.15) is 5.82 Å². The molecule has 1 heterocycles. The Labute approximate surface area is 149 Å². The van der Waals surface area contributed by atoms with Crippen molar-refractivity contribution >= 4 is 23.1 Å². The van der Waals surface area contributed by atoms with E-state index >= 15 is 0 Å². The van der Waals surface area contributed by atoms with E-state index in [-0.39, 0.29) is 0 Å². The summed E-state index contributed by atoms with van der Waals surface area (Å²) in [6, 6.07) is 18.3. The molecule has 128 valence electrons. The van der Waals surface area contributed by atoms with Crippen LogP contribution in [0.5, 0.6) is 0 Å². The third-order valence-electron chi connectivity index (χ3n) is 4.06. The van der Waals surface area contributed by atoms with Crippen LogP contribution < -0.4 is 10.6 Å². The van der Waals surface area contributed by atoms with E-state index in [1.807, 2.05) is 43.3 Å². The molecular formula is C21H24N4. The van der Waals surface area contributed by atoms with E-state index in [4.69, 9.17) is 0 Å². The van der Waals surface area contributed by atoms with Crippen LogP contribution in [0.4, 0.5) is 23.1 Å². The minimum atomic E-state index is 0.425. The fourth-order valence-corrected chi connectivity index (χ4v) is 2.81.